The van der Waals surface area contributed by atoms with Gasteiger partial charge in [0.25, 0.3) is 0 Å². The predicted molar refractivity (Wildman–Crippen MR) is 64.4 cm³/mol. The number of rotatable bonds is 4. The molecule has 0 bridgehead atoms. The number of ether oxygens (including phenoxy) is 1. The van der Waals surface area contributed by atoms with Gasteiger partial charge in [0, 0.05) is 0 Å². The third kappa shape index (κ3) is 3.83. The van der Waals surface area contributed by atoms with Gasteiger partial charge in [-0.1, -0.05) is 32.9 Å². The van der Waals surface area contributed by atoms with Crippen molar-refractivity contribution in [3.63, 3.8) is 0 Å². The Bertz CT molecular complexity index is 314. The third-order valence-electron chi connectivity index (χ3n) is 2.50. The molecule has 0 saturated carbocycles. The molecule has 0 fully saturated rings. The molecule has 0 unspecified atom stereocenters. The summed E-state index contributed by atoms with van der Waals surface area (Å²) in [5.41, 5.74) is 5.05. The normalized spacial score (nSPS) is 13.6. The smallest absolute Gasteiger partial charge is 0.136 e. The molecule has 3 nitrogen and oxygen atoms in total. The Balaban J connectivity index is 2.58. The van der Waals surface area contributed by atoms with Crippen LogP contribution >= 0.6 is 0 Å². The maximum absolute atomic E-state index is 9.32. The molecule has 16 heavy (non-hydrogen) atoms. The minimum Gasteiger partial charge on any atom is -0.491 e. The first-order chi connectivity index (χ1) is 7.43. The van der Waals surface area contributed by atoms with Crippen molar-refractivity contribution < 1.29 is 15.6 Å². The second-order valence-electron chi connectivity index (χ2n) is 5.03. The van der Waals surface area contributed by atoms with Gasteiger partial charge in [-0.05, 0) is 23.1 Å². The topological polar surface area (TPSA) is 57.1 Å². The van der Waals surface area contributed by atoms with Gasteiger partial charge in [-0.15, -0.1) is 0 Å². The first-order valence-corrected chi connectivity index (χ1v) is 5.64. The molecule has 1 aromatic rings. The second-order valence-corrected chi connectivity index (χ2v) is 5.03. The molecule has 0 aliphatic carbocycles. The summed E-state index contributed by atoms with van der Waals surface area (Å²) in [4.78, 5) is 0. The third-order valence-corrected chi connectivity index (χ3v) is 2.50. The summed E-state index contributed by atoms with van der Waals surface area (Å²) in [7, 11) is 0. The Morgan fingerprint density at radius 2 is 1.81 bits per heavy atom. The molecule has 0 aromatic heterocycles. The Hall–Kier alpha value is -1.06. The molecule has 1 atom stereocenters. The molecule has 0 saturated heterocycles. The van der Waals surface area contributed by atoms with E-state index in [4.69, 9.17) is 4.74 Å². The zero-order valence-corrected chi connectivity index (χ0v) is 10.4. The first-order valence-electron chi connectivity index (χ1n) is 5.64. The number of aliphatic hydroxyl groups excluding tert-OH is 1. The fraction of sp³-hybridized carbons (Fsp3) is 0.538. The van der Waals surface area contributed by atoms with Crippen LogP contribution in [0.25, 0.3) is 0 Å². The molecular weight excluding hydrogens is 202 g/mol. The summed E-state index contributed by atoms with van der Waals surface area (Å²) in [5, 5.41) is 9.32. The van der Waals surface area contributed by atoms with Crippen LogP contribution in [0.3, 0.4) is 0 Å². The quantitative estimate of drug-likeness (QED) is 0.800. The van der Waals surface area contributed by atoms with Gasteiger partial charge in [0.05, 0.1) is 0 Å². The van der Waals surface area contributed by atoms with E-state index in [2.05, 4.69) is 38.6 Å². The van der Waals surface area contributed by atoms with Gasteiger partial charge in [0.15, 0.2) is 0 Å². The Morgan fingerprint density at radius 3 is 2.25 bits per heavy atom. The lowest BCUT2D eigenvalue weighted by Gasteiger charge is -2.19. The van der Waals surface area contributed by atoms with Gasteiger partial charge in [-0.2, -0.15) is 0 Å². The van der Waals surface area contributed by atoms with E-state index in [9.17, 15) is 5.11 Å². The van der Waals surface area contributed by atoms with Crippen LogP contribution < -0.4 is 10.5 Å². The van der Waals surface area contributed by atoms with Crippen LogP contribution in [0.5, 0.6) is 5.75 Å². The fourth-order valence-electron chi connectivity index (χ4n) is 1.33. The Kier molecular flexibility index (Phi) is 4.33. The van der Waals surface area contributed by atoms with Crippen molar-refractivity contribution in [3.05, 3.63) is 29.8 Å². The molecule has 1 rings (SSSR count). The van der Waals surface area contributed by atoms with E-state index in [0.717, 1.165) is 5.75 Å². The standard InChI is InChI=1S/C13H21NO2/c1-13(2,3)10-4-6-12(7-5-10)16-9-11(15)8-14/h4-7,11,15H,8-9,14H2,1-3H3/p+1/t11-/m0/s1. The zero-order valence-electron chi connectivity index (χ0n) is 10.4. The van der Waals surface area contributed by atoms with Crippen LogP contribution in [0.1, 0.15) is 26.3 Å². The van der Waals surface area contributed by atoms with E-state index in [0.29, 0.717) is 13.2 Å². The highest BCUT2D eigenvalue weighted by atomic mass is 16.5. The van der Waals surface area contributed by atoms with E-state index in [1.807, 2.05) is 12.1 Å². The van der Waals surface area contributed by atoms with Gasteiger partial charge < -0.3 is 15.6 Å². The summed E-state index contributed by atoms with van der Waals surface area (Å²) < 4.78 is 5.44. The van der Waals surface area contributed by atoms with Crippen molar-refractivity contribution in [2.75, 3.05) is 13.2 Å². The highest BCUT2D eigenvalue weighted by Crippen LogP contribution is 2.24. The van der Waals surface area contributed by atoms with E-state index < -0.39 is 6.10 Å². The molecule has 0 heterocycles. The maximum atomic E-state index is 9.32. The summed E-state index contributed by atoms with van der Waals surface area (Å²) in [5.74, 6) is 0.792. The minimum absolute atomic E-state index is 0.158. The lowest BCUT2D eigenvalue weighted by molar-refractivity contribution is -0.384. The SMILES string of the molecule is CC(C)(C)c1ccc(OC[C@@H](O)C[NH3+])cc1. The van der Waals surface area contributed by atoms with Crippen LogP contribution in [0.4, 0.5) is 0 Å². The van der Waals surface area contributed by atoms with Crippen LogP contribution in [-0.4, -0.2) is 24.4 Å². The monoisotopic (exact) mass is 224 g/mol. The Morgan fingerprint density at radius 1 is 1.25 bits per heavy atom. The summed E-state index contributed by atoms with van der Waals surface area (Å²) in [6, 6.07) is 8.00. The molecule has 0 aliphatic heterocycles. The minimum atomic E-state index is -0.484. The maximum Gasteiger partial charge on any atom is 0.136 e. The van der Waals surface area contributed by atoms with Crippen LogP contribution in [0.15, 0.2) is 24.3 Å². The second kappa shape index (κ2) is 5.32. The zero-order chi connectivity index (χ0) is 12.2. The number of quaternary nitrogens is 1. The van der Waals surface area contributed by atoms with Crippen LogP contribution in [0.2, 0.25) is 0 Å². The molecule has 0 spiro atoms. The molecule has 90 valence electrons. The molecule has 0 radical (unpaired) electrons. The molecule has 4 N–H and O–H groups in total. The average molecular weight is 224 g/mol. The van der Waals surface area contributed by atoms with E-state index >= 15 is 0 Å². The van der Waals surface area contributed by atoms with Crippen molar-refractivity contribution in [1.29, 1.82) is 0 Å². The van der Waals surface area contributed by atoms with Gasteiger partial charge in [0.2, 0.25) is 0 Å². The number of hydrogen-bond donors (Lipinski definition) is 2. The largest absolute Gasteiger partial charge is 0.491 e. The van der Waals surface area contributed by atoms with Crippen LogP contribution in [-0.2, 0) is 5.41 Å². The van der Waals surface area contributed by atoms with Crippen molar-refractivity contribution >= 4 is 0 Å². The van der Waals surface area contributed by atoms with Gasteiger partial charge in [0.1, 0.15) is 25.0 Å². The van der Waals surface area contributed by atoms with Gasteiger partial charge in [-0.25, -0.2) is 0 Å². The number of benzene rings is 1. The lowest BCUT2D eigenvalue weighted by atomic mass is 9.87. The van der Waals surface area contributed by atoms with Crippen molar-refractivity contribution in [2.45, 2.75) is 32.3 Å². The molecule has 1 aromatic carbocycles. The molecular formula is C13H22NO2+. The summed E-state index contributed by atoms with van der Waals surface area (Å²) in [6.45, 7) is 7.30. The van der Waals surface area contributed by atoms with Gasteiger partial charge in [-0.3, -0.25) is 0 Å². The Labute approximate surface area is 97.2 Å². The van der Waals surface area contributed by atoms with Crippen LogP contribution in [0, 0.1) is 0 Å². The van der Waals surface area contributed by atoms with E-state index in [-0.39, 0.29) is 5.41 Å². The summed E-state index contributed by atoms with van der Waals surface area (Å²) in [6.07, 6.45) is -0.484. The fourth-order valence-corrected chi connectivity index (χ4v) is 1.33. The molecule has 0 aliphatic rings. The molecule has 0 amide bonds. The first kappa shape index (κ1) is 13.0. The predicted octanol–water partition coefficient (Wildman–Crippen LogP) is 0.966. The lowest BCUT2D eigenvalue weighted by Crippen LogP contribution is -2.56. The summed E-state index contributed by atoms with van der Waals surface area (Å²) >= 11 is 0. The number of hydrogen-bond acceptors (Lipinski definition) is 2. The molecule has 3 heteroatoms. The van der Waals surface area contributed by atoms with Crippen molar-refractivity contribution in [1.82, 2.24) is 0 Å². The highest BCUT2D eigenvalue weighted by Gasteiger charge is 2.13. The number of aliphatic hydroxyl groups is 1. The van der Waals surface area contributed by atoms with Crippen molar-refractivity contribution in [3.8, 4) is 5.75 Å². The van der Waals surface area contributed by atoms with Gasteiger partial charge >= 0.3 is 0 Å². The average Bonchev–Trinajstić information content (AvgIpc) is 2.25. The van der Waals surface area contributed by atoms with E-state index in [1.54, 1.807) is 0 Å². The highest BCUT2D eigenvalue weighted by molar-refractivity contribution is 5.31. The van der Waals surface area contributed by atoms with E-state index in [1.165, 1.54) is 5.56 Å². The van der Waals surface area contributed by atoms with Crippen molar-refractivity contribution in [2.24, 2.45) is 0 Å².